The number of rotatable bonds is 2. The number of carbonyl (C=O) groups is 1. The fourth-order valence-electron chi connectivity index (χ4n) is 1.52. The summed E-state index contributed by atoms with van der Waals surface area (Å²) in [5, 5.41) is 8.61. The van der Waals surface area contributed by atoms with Crippen LogP contribution in [0.4, 0.5) is 0 Å². The van der Waals surface area contributed by atoms with Crippen LogP contribution in [-0.2, 0) is 4.79 Å². The molecule has 0 bridgehead atoms. The van der Waals surface area contributed by atoms with Crippen LogP contribution in [-0.4, -0.2) is 11.1 Å². The Hall–Kier alpha value is -1.57. The second-order valence-corrected chi connectivity index (χ2v) is 3.48. The minimum atomic E-state index is -0.900. The zero-order valence-corrected chi connectivity index (χ0v) is 8.66. The number of carboxylic acid groups (broad SMARTS) is 1. The van der Waals surface area contributed by atoms with Gasteiger partial charge in [0, 0.05) is 6.08 Å². The van der Waals surface area contributed by atoms with Crippen LogP contribution >= 0.6 is 0 Å². The first-order valence-corrected chi connectivity index (χ1v) is 4.49. The number of hydrogen-bond acceptors (Lipinski definition) is 1. The summed E-state index contributed by atoms with van der Waals surface area (Å²) in [5.41, 5.74) is 4.09. The van der Waals surface area contributed by atoms with Crippen molar-refractivity contribution in [3.8, 4) is 0 Å². The zero-order valence-electron chi connectivity index (χ0n) is 8.66. The van der Waals surface area contributed by atoms with Crippen LogP contribution in [0.25, 0.3) is 5.57 Å². The third-order valence-electron chi connectivity index (χ3n) is 2.15. The first-order valence-electron chi connectivity index (χ1n) is 4.49. The van der Waals surface area contributed by atoms with Gasteiger partial charge < -0.3 is 5.11 Å². The highest BCUT2D eigenvalue weighted by Gasteiger charge is 2.02. The molecule has 0 unspecified atom stereocenters. The van der Waals surface area contributed by atoms with E-state index in [9.17, 15) is 4.79 Å². The maximum Gasteiger partial charge on any atom is 0.328 e. The predicted molar refractivity (Wildman–Crippen MR) is 57.2 cm³/mol. The van der Waals surface area contributed by atoms with E-state index in [4.69, 9.17) is 5.11 Å². The molecule has 0 fully saturated rings. The third kappa shape index (κ3) is 2.46. The number of aliphatic carboxylic acids is 1. The van der Waals surface area contributed by atoms with Crippen molar-refractivity contribution in [3.05, 3.63) is 41.0 Å². The van der Waals surface area contributed by atoms with E-state index in [0.717, 1.165) is 16.7 Å². The minimum Gasteiger partial charge on any atom is -0.478 e. The maximum absolute atomic E-state index is 10.5. The molecule has 1 aromatic carbocycles. The van der Waals surface area contributed by atoms with Crippen molar-refractivity contribution in [1.29, 1.82) is 0 Å². The van der Waals surface area contributed by atoms with Crippen molar-refractivity contribution < 1.29 is 9.90 Å². The molecule has 0 spiro atoms. The Morgan fingerprint density at radius 1 is 1.36 bits per heavy atom. The Bertz CT molecular complexity index is 389. The average Bonchev–Trinajstić information content (AvgIpc) is 2.01. The normalized spacial score (nSPS) is 11.5. The van der Waals surface area contributed by atoms with Gasteiger partial charge in [-0.3, -0.25) is 0 Å². The molecule has 1 rings (SSSR count). The van der Waals surface area contributed by atoms with Gasteiger partial charge >= 0.3 is 5.97 Å². The lowest BCUT2D eigenvalue weighted by Gasteiger charge is -2.06. The van der Waals surface area contributed by atoms with Crippen LogP contribution < -0.4 is 0 Å². The van der Waals surface area contributed by atoms with Crippen LogP contribution in [0.3, 0.4) is 0 Å². The monoisotopic (exact) mass is 190 g/mol. The number of hydrogen-bond donors (Lipinski definition) is 1. The molecule has 0 aliphatic carbocycles. The van der Waals surface area contributed by atoms with Crippen LogP contribution in [0, 0.1) is 13.8 Å². The first kappa shape index (κ1) is 10.5. The van der Waals surface area contributed by atoms with Gasteiger partial charge in [0.15, 0.2) is 0 Å². The van der Waals surface area contributed by atoms with Crippen molar-refractivity contribution >= 4 is 11.5 Å². The highest BCUT2D eigenvalue weighted by molar-refractivity contribution is 5.89. The smallest absolute Gasteiger partial charge is 0.328 e. The first-order chi connectivity index (χ1) is 6.50. The van der Waals surface area contributed by atoms with E-state index >= 15 is 0 Å². The van der Waals surface area contributed by atoms with Gasteiger partial charge in [0.2, 0.25) is 0 Å². The van der Waals surface area contributed by atoms with E-state index < -0.39 is 5.97 Å². The number of benzene rings is 1. The third-order valence-corrected chi connectivity index (χ3v) is 2.15. The highest BCUT2D eigenvalue weighted by atomic mass is 16.4. The minimum absolute atomic E-state index is 0.787. The topological polar surface area (TPSA) is 37.3 Å². The lowest BCUT2D eigenvalue weighted by Crippen LogP contribution is -1.92. The molecule has 0 saturated carbocycles. The highest BCUT2D eigenvalue weighted by Crippen LogP contribution is 2.19. The van der Waals surface area contributed by atoms with Crippen molar-refractivity contribution in [2.75, 3.05) is 0 Å². The quantitative estimate of drug-likeness (QED) is 0.728. The molecule has 14 heavy (non-hydrogen) atoms. The van der Waals surface area contributed by atoms with Crippen LogP contribution in [0.2, 0.25) is 0 Å². The van der Waals surface area contributed by atoms with Crippen molar-refractivity contribution in [3.63, 3.8) is 0 Å². The van der Waals surface area contributed by atoms with E-state index in [1.54, 1.807) is 0 Å². The second-order valence-electron chi connectivity index (χ2n) is 3.48. The van der Waals surface area contributed by atoms with Crippen molar-refractivity contribution in [2.24, 2.45) is 0 Å². The molecule has 0 aliphatic rings. The van der Waals surface area contributed by atoms with Gasteiger partial charge in [0.05, 0.1) is 0 Å². The summed E-state index contributed by atoms with van der Waals surface area (Å²) in [5.74, 6) is -0.900. The molecule has 0 heterocycles. The molecular formula is C12H14O2. The summed E-state index contributed by atoms with van der Waals surface area (Å²) >= 11 is 0. The molecule has 2 nitrogen and oxygen atoms in total. The van der Waals surface area contributed by atoms with E-state index in [0.29, 0.717) is 0 Å². The van der Waals surface area contributed by atoms with Gasteiger partial charge in [-0.25, -0.2) is 4.79 Å². The number of allylic oxidation sites excluding steroid dienone is 1. The van der Waals surface area contributed by atoms with Crippen LogP contribution in [0.5, 0.6) is 0 Å². The van der Waals surface area contributed by atoms with E-state index in [1.807, 2.05) is 32.9 Å². The molecule has 0 atom stereocenters. The second kappa shape index (κ2) is 4.09. The molecule has 74 valence electrons. The standard InChI is InChI=1S/C12H14O2/c1-8-4-5-11(9(2)6-8)10(3)7-12(13)14/h4-7H,1-3H3,(H,13,14)/b10-7+. The van der Waals surface area contributed by atoms with E-state index in [1.165, 1.54) is 11.6 Å². The van der Waals surface area contributed by atoms with E-state index in [2.05, 4.69) is 6.07 Å². The van der Waals surface area contributed by atoms with Gasteiger partial charge in [-0.1, -0.05) is 23.8 Å². The van der Waals surface area contributed by atoms with Gasteiger partial charge in [-0.15, -0.1) is 0 Å². The van der Waals surface area contributed by atoms with Gasteiger partial charge in [0.25, 0.3) is 0 Å². The summed E-state index contributed by atoms with van der Waals surface area (Å²) in [4.78, 5) is 10.5. The Morgan fingerprint density at radius 3 is 2.50 bits per heavy atom. The molecule has 0 radical (unpaired) electrons. The molecule has 0 saturated heterocycles. The van der Waals surface area contributed by atoms with Gasteiger partial charge in [-0.2, -0.15) is 0 Å². The predicted octanol–water partition coefficient (Wildman–Crippen LogP) is 2.79. The average molecular weight is 190 g/mol. The zero-order chi connectivity index (χ0) is 10.7. The summed E-state index contributed by atoms with van der Waals surface area (Å²) in [7, 11) is 0. The lowest BCUT2D eigenvalue weighted by molar-refractivity contribution is -0.131. The Morgan fingerprint density at radius 2 is 2.00 bits per heavy atom. The lowest BCUT2D eigenvalue weighted by atomic mass is 10.00. The number of aryl methyl sites for hydroxylation is 2. The van der Waals surface area contributed by atoms with Gasteiger partial charge in [0.1, 0.15) is 0 Å². The van der Waals surface area contributed by atoms with Crippen molar-refractivity contribution in [2.45, 2.75) is 20.8 Å². The van der Waals surface area contributed by atoms with Gasteiger partial charge in [-0.05, 0) is 37.5 Å². The molecule has 2 heteroatoms. The summed E-state index contributed by atoms with van der Waals surface area (Å²) < 4.78 is 0. The number of carboxylic acids is 1. The Balaban J connectivity index is 3.14. The van der Waals surface area contributed by atoms with Crippen molar-refractivity contribution in [1.82, 2.24) is 0 Å². The molecule has 0 amide bonds. The Kier molecular flexibility index (Phi) is 3.07. The maximum atomic E-state index is 10.5. The molecule has 0 aliphatic heterocycles. The summed E-state index contributed by atoms with van der Waals surface area (Å²) in [6.45, 7) is 5.82. The van der Waals surface area contributed by atoms with E-state index in [-0.39, 0.29) is 0 Å². The molecule has 1 N–H and O–H groups in total. The summed E-state index contributed by atoms with van der Waals surface area (Å²) in [6, 6.07) is 6.00. The molecular weight excluding hydrogens is 176 g/mol. The largest absolute Gasteiger partial charge is 0.478 e. The van der Waals surface area contributed by atoms with Crippen LogP contribution in [0.15, 0.2) is 24.3 Å². The SMILES string of the molecule is C/C(=C\C(=O)O)c1ccc(C)cc1C. The summed E-state index contributed by atoms with van der Waals surface area (Å²) in [6.07, 6.45) is 1.23. The Labute approximate surface area is 83.9 Å². The fraction of sp³-hybridized carbons (Fsp3) is 0.250. The fourth-order valence-corrected chi connectivity index (χ4v) is 1.52. The van der Waals surface area contributed by atoms with Crippen LogP contribution in [0.1, 0.15) is 23.6 Å². The molecule has 0 aromatic heterocycles. The molecule has 1 aromatic rings.